The molecule has 6 nitrogen and oxygen atoms in total. The number of aryl methyl sites for hydroxylation is 1. The van der Waals surface area contributed by atoms with Gasteiger partial charge in [-0.15, -0.1) is 0 Å². The maximum absolute atomic E-state index is 14.4. The molecule has 0 saturated carbocycles. The van der Waals surface area contributed by atoms with Crippen LogP contribution in [0.1, 0.15) is 42.8 Å². The van der Waals surface area contributed by atoms with Crippen LogP contribution in [-0.4, -0.2) is 34.3 Å². The number of rotatable bonds is 4. The molecule has 3 rings (SSSR count). The topological polar surface area (TPSA) is 92.2 Å². The van der Waals surface area contributed by atoms with Crippen molar-refractivity contribution in [2.45, 2.75) is 49.5 Å². The molecule has 1 aliphatic rings. The van der Waals surface area contributed by atoms with Gasteiger partial charge in [-0.05, 0) is 19.9 Å². The van der Waals surface area contributed by atoms with Gasteiger partial charge in [0, 0.05) is 41.1 Å². The highest BCUT2D eigenvalue weighted by molar-refractivity contribution is 7.91. The number of hydrogen-bond acceptors (Lipinski definition) is 5. The Morgan fingerprint density at radius 2 is 1.88 bits per heavy atom. The van der Waals surface area contributed by atoms with Crippen molar-refractivity contribution in [3.63, 3.8) is 0 Å². The number of ether oxygens (including phenoxy) is 2. The Kier molecular flexibility index (Phi) is 6.16. The molecule has 5 atom stereocenters. The third kappa shape index (κ3) is 4.03. The summed E-state index contributed by atoms with van der Waals surface area (Å²) in [5, 5.41) is 0. The van der Waals surface area contributed by atoms with Gasteiger partial charge in [-0.1, -0.05) is 13.0 Å². The van der Waals surface area contributed by atoms with Crippen molar-refractivity contribution in [3.05, 3.63) is 57.0 Å². The van der Waals surface area contributed by atoms with Crippen molar-refractivity contribution >= 4 is 9.73 Å². The maximum Gasteiger partial charge on any atom is 0.417 e. The minimum absolute atomic E-state index is 0.0351. The Bertz CT molecular complexity index is 1260. The zero-order chi connectivity index (χ0) is 25.1. The van der Waals surface area contributed by atoms with Gasteiger partial charge in [-0.2, -0.15) is 17.6 Å². The van der Waals surface area contributed by atoms with E-state index in [9.17, 15) is 31.0 Å². The summed E-state index contributed by atoms with van der Waals surface area (Å²) in [6.45, 7) is 3.48. The number of nitrogens with one attached hydrogen (secondary N) is 2. The first-order chi connectivity index (χ1) is 15.0. The number of H-pyrrole nitrogens is 1. The van der Waals surface area contributed by atoms with E-state index in [0.29, 0.717) is 0 Å². The minimum atomic E-state index is -4.83. The first kappa shape index (κ1) is 25.2. The molecule has 1 aliphatic heterocycles. The molecule has 0 radical (unpaired) electrons. The highest BCUT2D eigenvalue weighted by Crippen LogP contribution is 2.59. The lowest BCUT2D eigenvalue weighted by molar-refractivity contribution is -0.275. The molecular formula is C21H23F5N2O4S. The van der Waals surface area contributed by atoms with E-state index >= 15 is 0 Å². The number of benzene rings is 1. The van der Waals surface area contributed by atoms with Crippen LogP contribution < -0.4 is 10.2 Å². The monoisotopic (exact) mass is 494 g/mol. The van der Waals surface area contributed by atoms with Crippen LogP contribution in [0.25, 0.3) is 0 Å². The van der Waals surface area contributed by atoms with Gasteiger partial charge in [-0.3, -0.25) is 4.79 Å². The third-order valence-electron chi connectivity index (χ3n) is 6.19. The molecule has 0 bridgehead atoms. The Hall–Kier alpha value is -2.47. The zero-order valence-corrected chi connectivity index (χ0v) is 19.2. The fourth-order valence-electron chi connectivity index (χ4n) is 4.42. The van der Waals surface area contributed by atoms with Crippen molar-refractivity contribution in [2.24, 2.45) is 5.92 Å². The summed E-state index contributed by atoms with van der Waals surface area (Å²) < 4.78 is 101. The summed E-state index contributed by atoms with van der Waals surface area (Å²) >= 11 is 0. The average molecular weight is 494 g/mol. The van der Waals surface area contributed by atoms with E-state index in [-0.39, 0.29) is 21.8 Å². The second-order valence-electron chi connectivity index (χ2n) is 8.33. The van der Waals surface area contributed by atoms with Gasteiger partial charge in [0.05, 0.1) is 16.8 Å². The SMILES string of the molecule is COc1c([C@H]2[C@H](c3cc(=O)c(S(C)(=N)=O)c(C)[nH]3)O[C@@](C)(C(F)(F)F)[C@H]2C)ccc(F)c1F. The molecule has 0 amide bonds. The van der Waals surface area contributed by atoms with Crippen molar-refractivity contribution in [1.29, 1.82) is 4.78 Å². The maximum atomic E-state index is 14.4. The smallest absolute Gasteiger partial charge is 0.417 e. The van der Waals surface area contributed by atoms with Gasteiger partial charge in [0.25, 0.3) is 0 Å². The van der Waals surface area contributed by atoms with E-state index in [0.717, 1.165) is 38.5 Å². The summed E-state index contributed by atoms with van der Waals surface area (Å²) in [5.41, 5.74) is -3.62. The average Bonchev–Trinajstić information content (AvgIpc) is 2.94. The molecule has 0 aliphatic carbocycles. The molecule has 2 aromatic rings. The minimum Gasteiger partial charge on any atom is -0.493 e. The van der Waals surface area contributed by atoms with Crippen LogP contribution in [0.4, 0.5) is 22.0 Å². The zero-order valence-electron chi connectivity index (χ0n) is 18.4. The molecule has 1 aromatic heterocycles. The lowest BCUT2D eigenvalue weighted by atomic mass is 9.76. The molecule has 0 spiro atoms. The quantitative estimate of drug-likeness (QED) is 0.597. The Morgan fingerprint density at radius 3 is 2.36 bits per heavy atom. The van der Waals surface area contributed by atoms with Crippen LogP contribution in [0.15, 0.2) is 27.9 Å². The van der Waals surface area contributed by atoms with Gasteiger partial charge in [0.2, 0.25) is 5.82 Å². The van der Waals surface area contributed by atoms with E-state index in [1.54, 1.807) is 0 Å². The number of methoxy groups -OCH3 is 1. The predicted molar refractivity (Wildman–Crippen MR) is 110 cm³/mol. The standard InChI is InChI=1S/C21H23F5N2O4S/c1-9-15(11-6-7-12(22)16(23)17(11)31-4)18(32-20(9,3)21(24,25)26)13-8-14(29)19(10(2)28-13)33(5,27)30/h6-9,15,18,27H,1-5H3,(H,28,29)/t9-,15-,18-,20+,33?/m0/s1. The van der Waals surface area contributed by atoms with E-state index < -0.39 is 62.3 Å². The number of aromatic amines is 1. The van der Waals surface area contributed by atoms with Gasteiger partial charge in [0.1, 0.15) is 11.0 Å². The first-order valence-electron chi connectivity index (χ1n) is 9.78. The summed E-state index contributed by atoms with van der Waals surface area (Å²) in [6, 6.07) is 2.83. The van der Waals surface area contributed by atoms with E-state index in [1.807, 2.05) is 0 Å². The normalized spacial score (nSPS) is 27.4. The van der Waals surface area contributed by atoms with Crippen LogP contribution in [0.3, 0.4) is 0 Å². The predicted octanol–water partition coefficient (Wildman–Crippen LogP) is 4.82. The van der Waals surface area contributed by atoms with Gasteiger partial charge in [-0.25, -0.2) is 13.4 Å². The number of halogens is 5. The lowest BCUT2D eigenvalue weighted by Gasteiger charge is -2.32. The van der Waals surface area contributed by atoms with Crippen LogP contribution >= 0.6 is 0 Å². The lowest BCUT2D eigenvalue weighted by Crippen LogP contribution is -2.46. The molecule has 182 valence electrons. The molecule has 2 N–H and O–H groups in total. The van der Waals surface area contributed by atoms with Crippen molar-refractivity contribution in [2.75, 3.05) is 13.4 Å². The van der Waals surface area contributed by atoms with E-state index in [4.69, 9.17) is 14.3 Å². The third-order valence-corrected chi connectivity index (χ3v) is 7.48. The Balaban J connectivity index is 2.30. The fraction of sp³-hybridized carbons (Fsp3) is 0.476. The fourth-order valence-corrected chi connectivity index (χ4v) is 5.50. The molecule has 33 heavy (non-hydrogen) atoms. The number of hydrogen-bond donors (Lipinski definition) is 2. The number of alkyl halides is 3. The van der Waals surface area contributed by atoms with Crippen LogP contribution in [0.2, 0.25) is 0 Å². The first-order valence-corrected chi connectivity index (χ1v) is 11.7. The highest BCUT2D eigenvalue weighted by Gasteiger charge is 2.65. The molecule has 1 unspecified atom stereocenters. The van der Waals surface area contributed by atoms with Crippen LogP contribution in [0, 0.1) is 29.3 Å². The number of pyridine rings is 1. The molecule has 1 saturated heterocycles. The van der Waals surface area contributed by atoms with Crippen molar-refractivity contribution < 1.29 is 35.6 Å². The van der Waals surface area contributed by atoms with Crippen molar-refractivity contribution in [1.82, 2.24) is 4.98 Å². The molecule has 1 aromatic carbocycles. The number of aromatic nitrogens is 1. The summed E-state index contributed by atoms with van der Waals surface area (Å²) in [7, 11) is -2.36. The van der Waals surface area contributed by atoms with Crippen LogP contribution in [0.5, 0.6) is 5.75 Å². The Morgan fingerprint density at radius 1 is 1.27 bits per heavy atom. The largest absolute Gasteiger partial charge is 0.493 e. The summed E-state index contributed by atoms with van der Waals surface area (Å²) in [5.74, 6) is -5.67. The Labute approximate surface area is 187 Å². The van der Waals surface area contributed by atoms with Gasteiger partial charge >= 0.3 is 6.18 Å². The van der Waals surface area contributed by atoms with Crippen molar-refractivity contribution in [3.8, 4) is 5.75 Å². The summed E-state index contributed by atoms with van der Waals surface area (Å²) in [4.78, 5) is 15.1. The molecule has 1 fully saturated rings. The molecule has 2 heterocycles. The van der Waals surface area contributed by atoms with Crippen LogP contribution in [-0.2, 0) is 14.5 Å². The van der Waals surface area contributed by atoms with Gasteiger partial charge < -0.3 is 14.5 Å². The molecule has 12 heteroatoms. The van der Waals surface area contributed by atoms with E-state index in [2.05, 4.69) is 4.98 Å². The molecular weight excluding hydrogens is 471 g/mol. The van der Waals surface area contributed by atoms with Gasteiger partial charge in [0.15, 0.2) is 22.6 Å². The second-order valence-corrected chi connectivity index (χ2v) is 10.4. The van der Waals surface area contributed by atoms with E-state index in [1.165, 1.54) is 13.8 Å². The summed E-state index contributed by atoms with van der Waals surface area (Å²) in [6.07, 6.45) is -5.22. The highest BCUT2D eigenvalue weighted by atomic mass is 32.2. The second kappa shape index (κ2) is 8.08.